The number of hydrogen-bond acceptors (Lipinski definition) is 4. The summed E-state index contributed by atoms with van der Waals surface area (Å²) in [7, 11) is 0. The Balaban J connectivity index is 1.50. The lowest BCUT2D eigenvalue weighted by molar-refractivity contribution is -0.152. The SMILES string of the molecule is C=CN(/C=C\N)CC(=O)[C@H]1CCC2C3CC[C@@]4(C)C[C@@](O)(CF)CC[C@@H]4C3CC[C@@]21C. The molecule has 0 heterocycles. The molecule has 0 saturated heterocycles. The van der Waals surface area contributed by atoms with Gasteiger partial charge in [-0.15, -0.1) is 0 Å². The van der Waals surface area contributed by atoms with Crippen molar-refractivity contribution < 1.29 is 14.3 Å². The molecule has 0 radical (unpaired) electrons. The van der Waals surface area contributed by atoms with Crippen molar-refractivity contribution in [3.05, 3.63) is 25.2 Å². The zero-order valence-corrected chi connectivity index (χ0v) is 19.4. The number of ketones is 1. The Morgan fingerprint density at radius 3 is 2.52 bits per heavy atom. The van der Waals surface area contributed by atoms with Crippen molar-refractivity contribution in [3.63, 3.8) is 0 Å². The highest BCUT2D eigenvalue weighted by Crippen LogP contribution is 2.67. The highest BCUT2D eigenvalue weighted by Gasteiger charge is 2.61. The van der Waals surface area contributed by atoms with Crippen LogP contribution in [0, 0.1) is 40.4 Å². The van der Waals surface area contributed by atoms with Crippen LogP contribution in [0.1, 0.15) is 71.6 Å². The first-order valence-electron chi connectivity index (χ1n) is 12.3. The predicted molar refractivity (Wildman–Crippen MR) is 121 cm³/mol. The number of carbonyl (C=O) groups is 1. The second-order valence-electron chi connectivity index (χ2n) is 11.6. The quantitative estimate of drug-likeness (QED) is 0.633. The van der Waals surface area contributed by atoms with E-state index in [1.165, 1.54) is 12.6 Å². The van der Waals surface area contributed by atoms with Crippen LogP contribution < -0.4 is 5.73 Å². The summed E-state index contributed by atoms with van der Waals surface area (Å²) in [6.07, 6.45) is 13.6. The first kappa shape index (κ1) is 22.8. The van der Waals surface area contributed by atoms with Crippen LogP contribution in [-0.4, -0.2) is 34.6 Å². The summed E-state index contributed by atoms with van der Waals surface area (Å²) in [6.45, 7) is 8.21. The maximum Gasteiger partial charge on any atom is 0.156 e. The van der Waals surface area contributed by atoms with Crippen LogP contribution in [0.15, 0.2) is 25.2 Å². The second kappa shape index (κ2) is 8.20. The van der Waals surface area contributed by atoms with Gasteiger partial charge in [-0.25, -0.2) is 4.39 Å². The van der Waals surface area contributed by atoms with Crippen molar-refractivity contribution in [2.45, 2.75) is 77.2 Å². The van der Waals surface area contributed by atoms with Gasteiger partial charge >= 0.3 is 0 Å². The molecule has 3 unspecified atom stereocenters. The van der Waals surface area contributed by atoms with Gasteiger partial charge in [-0.3, -0.25) is 4.79 Å². The molecule has 4 rings (SSSR count). The monoisotopic (exact) mass is 432 g/mol. The molecule has 0 spiro atoms. The molecule has 4 aliphatic rings. The Kier molecular flexibility index (Phi) is 6.04. The fourth-order valence-corrected chi connectivity index (χ4v) is 8.70. The average Bonchev–Trinajstić information content (AvgIpc) is 3.09. The Morgan fingerprint density at radius 1 is 1.13 bits per heavy atom. The maximum atomic E-state index is 13.5. The Morgan fingerprint density at radius 2 is 1.84 bits per heavy atom. The molecular formula is C26H41FN2O2. The molecule has 5 heteroatoms. The number of alkyl halides is 1. The molecule has 31 heavy (non-hydrogen) atoms. The van der Waals surface area contributed by atoms with E-state index >= 15 is 0 Å². The number of Topliss-reactive ketones (excluding diaryl/α,β-unsaturated/α-hetero) is 1. The number of carbonyl (C=O) groups excluding carboxylic acids is 1. The molecule has 4 aliphatic carbocycles. The maximum absolute atomic E-state index is 13.5. The molecule has 0 aliphatic heterocycles. The Hall–Kier alpha value is -1.36. The lowest BCUT2D eigenvalue weighted by Gasteiger charge is -2.60. The van der Waals surface area contributed by atoms with E-state index in [4.69, 9.17) is 5.73 Å². The fourth-order valence-electron chi connectivity index (χ4n) is 8.70. The van der Waals surface area contributed by atoms with Gasteiger partial charge in [0.1, 0.15) is 6.67 Å². The number of aliphatic hydroxyl groups is 1. The molecule has 4 fully saturated rings. The molecule has 3 N–H and O–H groups in total. The van der Waals surface area contributed by atoms with Crippen LogP contribution >= 0.6 is 0 Å². The van der Waals surface area contributed by atoms with Gasteiger partial charge in [-0.05, 0) is 98.5 Å². The highest BCUT2D eigenvalue weighted by atomic mass is 19.1. The number of rotatable bonds is 6. The minimum Gasteiger partial charge on any atom is -0.403 e. The van der Waals surface area contributed by atoms with Crippen molar-refractivity contribution in [1.29, 1.82) is 0 Å². The summed E-state index contributed by atoms with van der Waals surface area (Å²) < 4.78 is 13.5. The molecule has 0 aromatic heterocycles. The van der Waals surface area contributed by atoms with E-state index in [-0.39, 0.29) is 16.7 Å². The summed E-state index contributed by atoms with van der Waals surface area (Å²) in [5, 5.41) is 10.7. The van der Waals surface area contributed by atoms with Crippen molar-refractivity contribution in [3.8, 4) is 0 Å². The minimum absolute atomic E-state index is 0.0564. The third kappa shape index (κ3) is 3.75. The van der Waals surface area contributed by atoms with E-state index in [1.54, 1.807) is 17.3 Å². The number of nitrogens with zero attached hydrogens (tertiary/aromatic N) is 1. The molecule has 4 nitrogen and oxygen atoms in total. The summed E-state index contributed by atoms with van der Waals surface area (Å²) in [5.41, 5.74) is 4.54. The van der Waals surface area contributed by atoms with Gasteiger partial charge in [0.05, 0.1) is 12.1 Å². The van der Waals surface area contributed by atoms with Crippen LogP contribution in [0.3, 0.4) is 0 Å². The summed E-state index contributed by atoms with van der Waals surface area (Å²) >= 11 is 0. The van der Waals surface area contributed by atoms with Gasteiger partial charge in [-0.2, -0.15) is 0 Å². The number of hydrogen-bond donors (Lipinski definition) is 2. The molecule has 0 amide bonds. The largest absolute Gasteiger partial charge is 0.403 e. The smallest absolute Gasteiger partial charge is 0.156 e. The van der Waals surface area contributed by atoms with E-state index in [2.05, 4.69) is 20.4 Å². The van der Waals surface area contributed by atoms with Crippen molar-refractivity contribution in [2.75, 3.05) is 13.2 Å². The van der Waals surface area contributed by atoms with Crippen molar-refractivity contribution in [1.82, 2.24) is 4.90 Å². The zero-order valence-electron chi connectivity index (χ0n) is 19.4. The van der Waals surface area contributed by atoms with Crippen LogP contribution in [-0.2, 0) is 4.79 Å². The molecule has 8 atom stereocenters. The third-order valence-electron chi connectivity index (χ3n) is 10.1. The zero-order chi connectivity index (χ0) is 22.4. The minimum atomic E-state index is -1.11. The number of halogens is 1. The van der Waals surface area contributed by atoms with E-state index < -0.39 is 12.3 Å². The van der Waals surface area contributed by atoms with Gasteiger partial charge in [0.2, 0.25) is 0 Å². The van der Waals surface area contributed by atoms with E-state index in [0.717, 1.165) is 38.5 Å². The molecule has 174 valence electrons. The van der Waals surface area contributed by atoms with E-state index in [9.17, 15) is 14.3 Å². The lowest BCUT2D eigenvalue weighted by atomic mass is 9.45. The van der Waals surface area contributed by atoms with Gasteiger partial charge in [-0.1, -0.05) is 20.4 Å². The van der Waals surface area contributed by atoms with E-state index in [1.807, 2.05) is 0 Å². The molecule has 4 saturated carbocycles. The first-order chi connectivity index (χ1) is 14.7. The van der Waals surface area contributed by atoms with Crippen molar-refractivity contribution >= 4 is 5.78 Å². The lowest BCUT2D eigenvalue weighted by Crippen LogP contribution is -2.55. The number of fused-ring (bicyclic) bond motifs is 5. The Labute approximate surface area is 187 Å². The Bertz CT molecular complexity index is 741. The predicted octanol–water partition coefficient (Wildman–Crippen LogP) is 4.79. The fraction of sp³-hybridized carbons (Fsp3) is 0.808. The van der Waals surface area contributed by atoms with Crippen LogP contribution in [0.25, 0.3) is 0 Å². The standard InChI is InChI=1S/C26H41FN2O2/c1-4-29(14-13-28)15-23(30)22-6-5-21-19-7-10-24(2)16-26(31,17-27)12-9-20(24)18(19)8-11-25(21,22)3/h4,13-14,18-22,31H,1,5-12,15-17,28H2,2-3H3/b14-13-/t18?,19?,20-,21?,22-,24+,25+,26-/m1/s1. The third-order valence-corrected chi connectivity index (χ3v) is 10.1. The highest BCUT2D eigenvalue weighted by molar-refractivity contribution is 5.84. The van der Waals surface area contributed by atoms with Crippen LogP contribution in [0.5, 0.6) is 0 Å². The summed E-state index contributed by atoms with van der Waals surface area (Å²) in [6, 6.07) is 0. The first-order valence-corrected chi connectivity index (χ1v) is 12.3. The van der Waals surface area contributed by atoms with Gasteiger partial charge in [0.15, 0.2) is 5.78 Å². The van der Waals surface area contributed by atoms with Crippen LogP contribution in [0.2, 0.25) is 0 Å². The van der Waals surface area contributed by atoms with E-state index in [0.29, 0.717) is 48.8 Å². The summed E-state index contributed by atoms with van der Waals surface area (Å²) in [4.78, 5) is 15.0. The van der Waals surface area contributed by atoms with Gasteiger partial charge < -0.3 is 15.7 Å². The molecule has 0 aromatic carbocycles. The molecule has 0 bridgehead atoms. The normalized spacial score (nSPS) is 46.8. The van der Waals surface area contributed by atoms with Gasteiger partial charge in [0.25, 0.3) is 0 Å². The topological polar surface area (TPSA) is 66.6 Å². The summed E-state index contributed by atoms with van der Waals surface area (Å²) in [5.74, 6) is 2.96. The van der Waals surface area contributed by atoms with Crippen LogP contribution in [0.4, 0.5) is 4.39 Å². The van der Waals surface area contributed by atoms with Crippen molar-refractivity contribution in [2.24, 2.45) is 46.2 Å². The van der Waals surface area contributed by atoms with Gasteiger partial charge in [0, 0.05) is 18.3 Å². The number of nitrogens with two attached hydrogens (primary N) is 1. The molecule has 0 aromatic rings. The average molecular weight is 433 g/mol. The second-order valence-corrected chi connectivity index (χ2v) is 11.6. The molecular weight excluding hydrogens is 391 g/mol.